The van der Waals surface area contributed by atoms with Gasteiger partial charge in [0.25, 0.3) is 0 Å². The van der Waals surface area contributed by atoms with Gasteiger partial charge in [0.05, 0.1) is 0 Å². The fourth-order valence-corrected chi connectivity index (χ4v) is 3.11. The number of halogens is 2. The molecule has 2 rings (SSSR count). The number of hydrogen-bond donors (Lipinski definition) is 0. The van der Waals surface area contributed by atoms with E-state index in [1.807, 2.05) is 6.07 Å². The van der Waals surface area contributed by atoms with E-state index in [-0.39, 0.29) is 5.82 Å². The predicted octanol–water partition coefficient (Wildman–Crippen LogP) is 3.58. The van der Waals surface area contributed by atoms with E-state index in [2.05, 4.69) is 20.8 Å². The second kappa shape index (κ2) is 6.53. The number of rotatable bonds is 4. The first-order chi connectivity index (χ1) is 8.76. The lowest BCUT2D eigenvalue weighted by molar-refractivity contribution is 0.139. The fourth-order valence-electron chi connectivity index (χ4n) is 2.55. The van der Waals surface area contributed by atoms with E-state index in [0.29, 0.717) is 11.2 Å². The Balaban J connectivity index is 2.07. The maximum atomic E-state index is 13.7. The van der Waals surface area contributed by atoms with E-state index < -0.39 is 0 Å². The minimum absolute atomic E-state index is 0.122. The summed E-state index contributed by atoms with van der Waals surface area (Å²) in [5.41, 5.74) is 1.80. The summed E-state index contributed by atoms with van der Waals surface area (Å²) in [5.74, 6) is 0.524. The molecule has 0 aromatic heterocycles. The molecule has 0 atom stereocenters. The lowest BCUT2D eigenvalue weighted by Gasteiger charge is -2.34. The average molecular weight is 316 g/mol. The fraction of sp³-hybridized carbons (Fsp3) is 0.571. The van der Waals surface area contributed by atoms with Crippen LogP contribution in [-0.2, 0) is 10.1 Å². The molecule has 1 heterocycles. The molecular formula is C14H19BrFNO. The van der Waals surface area contributed by atoms with Gasteiger partial charge in [-0.05, 0) is 30.9 Å². The van der Waals surface area contributed by atoms with Gasteiger partial charge < -0.3 is 9.64 Å². The van der Waals surface area contributed by atoms with Crippen LogP contribution in [0.4, 0.5) is 10.1 Å². The van der Waals surface area contributed by atoms with Crippen molar-refractivity contribution in [2.45, 2.75) is 18.2 Å². The van der Waals surface area contributed by atoms with Gasteiger partial charge in [0.1, 0.15) is 5.82 Å². The molecule has 1 aliphatic rings. The number of alkyl halides is 1. The molecular weight excluding hydrogens is 297 g/mol. The van der Waals surface area contributed by atoms with Crippen molar-refractivity contribution in [2.24, 2.45) is 5.92 Å². The third-order valence-electron chi connectivity index (χ3n) is 3.59. The van der Waals surface area contributed by atoms with Gasteiger partial charge >= 0.3 is 0 Å². The molecule has 1 saturated heterocycles. The number of piperidine rings is 1. The SMILES string of the molecule is COCC1CCN(c2cccc(F)c2CBr)CC1. The predicted molar refractivity (Wildman–Crippen MR) is 75.8 cm³/mol. The van der Waals surface area contributed by atoms with Crippen molar-refractivity contribution in [2.75, 3.05) is 31.7 Å². The lowest BCUT2D eigenvalue weighted by Crippen LogP contribution is -2.35. The Bertz CT molecular complexity index is 391. The van der Waals surface area contributed by atoms with Crippen molar-refractivity contribution in [3.05, 3.63) is 29.6 Å². The van der Waals surface area contributed by atoms with E-state index in [4.69, 9.17) is 4.74 Å². The van der Waals surface area contributed by atoms with Crippen molar-refractivity contribution in [1.82, 2.24) is 0 Å². The summed E-state index contributed by atoms with van der Waals surface area (Å²) >= 11 is 3.38. The van der Waals surface area contributed by atoms with Crippen molar-refractivity contribution in [3.8, 4) is 0 Å². The zero-order valence-corrected chi connectivity index (χ0v) is 12.2. The van der Waals surface area contributed by atoms with Crippen LogP contribution in [0.15, 0.2) is 18.2 Å². The molecule has 0 radical (unpaired) electrons. The minimum atomic E-state index is -0.122. The molecule has 0 spiro atoms. The van der Waals surface area contributed by atoms with E-state index >= 15 is 0 Å². The average Bonchev–Trinajstić information content (AvgIpc) is 2.40. The van der Waals surface area contributed by atoms with E-state index in [0.717, 1.165) is 43.8 Å². The second-order valence-corrected chi connectivity index (χ2v) is 5.32. The van der Waals surface area contributed by atoms with Crippen LogP contribution in [0.3, 0.4) is 0 Å². The normalized spacial score (nSPS) is 17.2. The molecule has 1 aromatic carbocycles. The Labute approximate surface area is 116 Å². The third-order valence-corrected chi connectivity index (χ3v) is 4.15. The Morgan fingerprint density at radius 1 is 1.39 bits per heavy atom. The molecule has 2 nitrogen and oxygen atoms in total. The van der Waals surface area contributed by atoms with E-state index in [1.165, 1.54) is 6.07 Å². The molecule has 18 heavy (non-hydrogen) atoms. The molecule has 0 saturated carbocycles. The van der Waals surface area contributed by atoms with Gasteiger partial charge in [-0.2, -0.15) is 0 Å². The summed E-state index contributed by atoms with van der Waals surface area (Å²) < 4.78 is 18.9. The Hall–Kier alpha value is -0.610. The summed E-state index contributed by atoms with van der Waals surface area (Å²) in [6.45, 7) is 2.80. The standard InChI is InChI=1S/C14H19BrFNO/c1-18-10-11-5-7-17(8-6-11)14-4-2-3-13(16)12(14)9-15/h2-4,11H,5-10H2,1H3. The summed E-state index contributed by atoms with van der Waals surface area (Å²) in [5, 5.41) is 0.563. The Morgan fingerprint density at radius 2 is 2.11 bits per heavy atom. The topological polar surface area (TPSA) is 12.5 Å². The zero-order valence-electron chi connectivity index (χ0n) is 10.7. The largest absolute Gasteiger partial charge is 0.384 e. The molecule has 0 unspecified atom stereocenters. The summed E-state index contributed by atoms with van der Waals surface area (Å²) in [7, 11) is 1.75. The highest BCUT2D eigenvalue weighted by molar-refractivity contribution is 9.08. The van der Waals surface area contributed by atoms with E-state index in [9.17, 15) is 4.39 Å². The highest BCUT2D eigenvalue weighted by Crippen LogP contribution is 2.29. The van der Waals surface area contributed by atoms with Gasteiger partial charge in [0, 0.05) is 43.4 Å². The second-order valence-electron chi connectivity index (χ2n) is 4.76. The van der Waals surface area contributed by atoms with Crippen LogP contribution < -0.4 is 4.90 Å². The molecule has 1 aliphatic heterocycles. The highest BCUT2D eigenvalue weighted by atomic mass is 79.9. The van der Waals surface area contributed by atoms with Crippen LogP contribution in [-0.4, -0.2) is 26.8 Å². The third kappa shape index (κ3) is 3.04. The van der Waals surface area contributed by atoms with Crippen molar-refractivity contribution < 1.29 is 9.13 Å². The minimum Gasteiger partial charge on any atom is -0.384 e. The number of nitrogens with zero attached hydrogens (tertiary/aromatic N) is 1. The Morgan fingerprint density at radius 3 is 2.72 bits per heavy atom. The monoisotopic (exact) mass is 315 g/mol. The molecule has 0 aliphatic carbocycles. The number of hydrogen-bond acceptors (Lipinski definition) is 2. The maximum absolute atomic E-state index is 13.7. The Kier molecular flexibility index (Phi) is 5.01. The number of benzene rings is 1. The van der Waals surface area contributed by atoms with E-state index in [1.54, 1.807) is 13.2 Å². The molecule has 4 heteroatoms. The van der Waals surface area contributed by atoms with Crippen LogP contribution in [0.1, 0.15) is 18.4 Å². The van der Waals surface area contributed by atoms with Crippen LogP contribution >= 0.6 is 15.9 Å². The molecule has 1 aromatic rings. The van der Waals surface area contributed by atoms with Crippen LogP contribution in [0.25, 0.3) is 0 Å². The molecule has 0 N–H and O–H groups in total. The van der Waals surface area contributed by atoms with Gasteiger partial charge in [-0.3, -0.25) is 0 Å². The lowest BCUT2D eigenvalue weighted by atomic mass is 9.97. The number of methoxy groups -OCH3 is 1. The number of ether oxygens (including phenoxy) is 1. The summed E-state index contributed by atoms with van der Waals surface area (Å²) in [6, 6.07) is 5.33. The first-order valence-corrected chi connectivity index (χ1v) is 7.45. The zero-order chi connectivity index (χ0) is 13.0. The van der Waals surface area contributed by atoms with Crippen molar-refractivity contribution in [3.63, 3.8) is 0 Å². The first kappa shape index (κ1) is 13.8. The quantitative estimate of drug-likeness (QED) is 0.787. The maximum Gasteiger partial charge on any atom is 0.129 e. The summed E-state index contributed by atoms with van der Waals surface area (Å²) in [4.78, 5) is 2.28. The van der Waals surface area contributed by atoms with Crippen molar-refractivity contribution in [1.29, 1.82) is 0 Å². The van der Waals surface area contributed by atoms with Gasteiger partial charge in [-0.15, -0.1) is 0 Å². The highest BCUT2D eigenvalue weighted by Gasteiger charge is 2.21. The van der Waals surface area contributed by atoms with Crippen molar-refractivity contribution >= 4 is 21.6 Å². The van der Waals surface area contributed by atoms with Crippen LogP contribution in [0.2, 0.25) is 0 Å². The molecule has 0 amide bonds. The molecule has 1 fully saturated rings. The van der Waals surface area contributed by atoms with Gasteiger partial charge in [0.15, 0.2) is 0 Å². The van der Waals surface area contributed by atoms with Gasteiger partial charge in [0.2, 0.25) is 0 Å². The molecule has 100 valence electrons. The number of anilines is 1. The summed E-state index contributed by atoms with van der Waals surface area (Å²) in [6.07, 6.45) is 2.23. The van der Waals surface area contributed by atoms with Crippen LogP contribution in [0, 0.1) is 11.7 Å². The smallest absolute Gasteiger partial charge is 0.129 e. The molecule has 0 bridgehead atoms. The van der Waals surface area contributed by atoms with Gasteiger partial charge in [-0.1, -0.05) is 22.0 Å². The van der Waals surface area contributed by atoms with Crippen LogP contribution in [0.5, 0.6) is 0 Å². The van der Waals surface area contributed by atoms with Gasteiger partial charge in [-0.25, -0.2) is 4.39 Å². The first-order valence-electron chi connectivity index (χ1n) is 6.33.